The number of anilines is 1. The topological polar surface area (TPSA) is 80.7 Å². The number of pyridine rings is 1. The average Bonchev–Trinajstić information content (AvgIpc) is 2.84. The smallest absolute Gasteiger partial charge is 0.226 e. The standard InChI is InChI=1S/C11H6ClN3O3/c12-7-5-2-1-3-13-8(5)11-10(9(7)15-17)14-6(4-16)18-11/h1-4,6,14H. The van der Waals surface area contributed by atoms with Gasteiger partial charge in [-0.3, -0.25) is 9.78 Å². The van der Waals surface area contributed by atoms with Crippen molar-refractivity contribution in [1.82, 2.24) is 4.98 Å². The van der Waals surface area contributed by atoms with E-state index in [2.05, 4.69) is 15.5 Å². The van der Waals surface area contributed by atoms with E-state index in [9.17, 15) is 9.70 Å². The molecule has 0 fully saturated rings. The van der Waals surface area contributed by atoms with Gasteiger partial charge in [0.05, 0.1) is 5.02 Å². The number of nitroso groups, excluding NO2 is 1. The molecule has 90 valence electrons. The largest absolute Gasteiger partial charge is 0.459 e. The van der Waals surface area contributed by atoms with E-state index in [4.69, 9.17) is 16.3 Å². The number of ether oxygens (including phenoxy) is 1. The van der Waals surface area contributed by atoms with Gasteiger partial charge in [0, 0.05) is 11.6 Å². The molecule has 0 bridgehead atoms. The van der Waals surface area contributed by atoms with Crippen molar-refractivity contribution in [2.45, 2.75) is 6.23 Å². The summed E-state index contributed by atoms with van der Waals surface area (Å²) in [5.41, 5.74) is 0.816. The molecule has 0 radical (unpaired) electrons. The third-order valence-corrected chi connectivity index (χ3v) is 3.06. The number of carbonyl (C=O) groups is 1. The second kappa shape index (κ2) is 3.92. The lowest BCUT2D eigenvalue weighted by atomic mass is 10.1. The fourth-order valence-corrected chi connectivity index (χ4v) is 2.20. The van der Waals surface area contributed by atoms with E-state index < -0.39 is 6.23 Å². The van der Waals surface area contributed by atoms with E-state index in [1.807, 2.05) is 0 Å². The summed E-state index contributed by atoms with van der Waals surface area (Å²) in [5, 5.41) is 6.37. The van der Waals surface area contributed by atoms with Crippen LogP contribution < -0.4 is 10.1 Å². The first-order valence-corrected chi connectivity index (χ1v) is 5.46. The molecule has 1 aromatic heterocycles. The maximum atomic E-state index is 10.9. The van der Waals surface area contributed by atoms with Crippen molar-refractivity contribution < 1.29 is 9.53 Å². The number of carbonyl (C=O) groups excluding carboxylic acids is 1. The molecular weight excluding hydrogens is 258 g/mol. The van der Waals surface area contributed by atoms with Crippen LogP contribution >= 0.6 is 11.6 Å². The fourth-order valence-electron chi connectivity index (χ4n) is 1.92. The van der Waals surface area contributed by atoms with Crippen molar-refractivity contribution in [1.29, 1.82) is 0 Å². The minimum Gasteiger partial charge on any atom is -0.459 e. The van der Waals surface area contributed by atoms with Gasteiger partial charge in [-0.15, -0.1) is 4.91 Å². The molecule has 1 aliphatic rings. The number of benzene rings is 1. The monoisotopic (exact) mass is 263 g/mol. The van der Waals surface area contributed by atoms with Gasteiger partial charge in [0.15, 0.2) is 17.7 Å². The Morgan fingerprint density at radius 3 is 3.11 bits per heavy atom. The van der Waals surface area contributed by atoms with E-state index in [-0.39, 0.29) is 10.7 Å². The molecule has 1 aromatic carbocycles. The Bertz CT molecular complexity index is 674. The van der Waals surface area contributed by atoms with E-state index in [1.165, 1.54) is 0 Å². The Hall–Kier alpha value is -2.21. The van der Waals surface area contributed by atoms with Crippen LogP contribution in [0.3, 0.4) is 0 Å². The van der Waals surface area contributed by atoms with Crippen LogP contribution in [0.4, 0.5) is 11.4 Å². The summed E-state index contributed by atoms with van der Waals surface area (Å²) in [6.45, 7) is 0. The highest BCUT2D eigenvalue weighted by atomic mass is 35.5. The van der Waals surface area contributed by atoms with Crippen LogP contribution in [0.25, 0.3) is 10.9 Å². The number of aromatic nitrogens is 1. The zero-order valence-corrected chi connectivity index (χ0v) is 9.64. The fraction of sp³-hybridized carbons (Fsp3) is 0.0909. The van der Waals surface area contributed by atoms with Gasteiger partial charge in [0.25, 0.3) is 0 Å². The van der Waals surface area contributed by atoms with Crippen LogP contribution in [0, 0.1) is 4.91 Å². The molecule has 1 unspecified atom stereocenters. The summed E-state index contributed by atoms with van der Waals surface area (Å²) < 4.78 is 5.37. The summed E-state index contributed by atoms with van der Waals surface area (Å²) >= 11 is 6.10. The number of aldehydes is 1. The van der Waals surface area contributed by atoms with Crippen LogP contribution in [0.1, 0.15) is 0 Å². The summed E-state index contributed by atoms with van der Waals surface area (Å²) in [4.78, 5) is 25.8. The maximum Gasteiger partial charge on any atom is 0.226 e. The lowest BCUT2D eigenvalue weighted by Gasteiger charge is -2.06. The van der Waals surface area contributed by atoms with Gasteiger partial charge < -0.3 is 10.1 Å². The third kappa shape index (κ3) is 1.36. The Balaban J connectivity index is 2.40. The Labute approximate surface area is 106 Å². The van der Waals surface area contributed by atoms with Crippen molar-refractivity contribution in [3.63, 3.8) is 0 Å². The first-order valence-electron chi connectivity index (χ1n) is 5.08. The van der Waals surface area contributed by atoms with Crippen molar-refractivity contribution in [3.05, 3.63) is 28.3 Å². The number of hydrogen-bond acceptors (Lipinski definition) is 6. The van der Waals surface area contributed by atoms with Crippen LogP contribution in [-0.4, -0.2) is 17.5 Å². The van der Waals surface area contributed by atoms with E-state index in [1.54, 1.807) is 18.3 Å². The quantitative estimate of drug-likeness (QED) is 0.665. The molecule has 0 spiro atoms. The molecule has 6 nitrogen and oxygen atoms in total. The molecule has 1 aliphatic heterocycles. The molecule has 0 aliphatic carbocycles. The number of nitrogens with zero attached hydrogens (tertiary/aromatic N) is 2. The Kier molecular flexibility index (Phi) is 2.38. The Morgan fingerprint density at radius 1 is 1.56 bits per heavy atom. The van der Waals surface area contributed by atoms with E-state index in [0.717, 1.165) is 0 Å². The van der Waals surface area contributed by atoms with Crippen LogP contribution in [-0.2, 0) is 4.79 Å². The van der Waals surface area contributed by atoms with Gasteiger partial charge >= 0.3 is 0 Å². The predicted octanol–water partition coefficient (Wildman–Crippen LogP) is 2.62. The second-order valence-electron chi connectivity index (χ2n) is 3.68. The second-order valence-corrected chi connectivity index (χ2v) is 4.05. The third-order valence-electron chi connectivity index (χ3n) is 2.68. The molecule has 18 heavy (non-hydrogen) atoms. The zero-order valence-electron chi connectivity index (χ0n) is 8.88. The van der Waals surface area contributed by atoms with Crippen molar-refractivity contribution in [2.24, 2.45) is 5.18 Å². The van der Waals surface area contributed by atoms with Crippen LogP contribution in [0.5, 0.6) is 5.75 Å². The highest BCUT2D eigenvalue weighted by Gasteiger charge is 2.30. The highest BCUT2D eigenvalue weighted by Crippen LogP contribution is 2.49. The minimum atomic E-state index is -0.857. The molecule has 2 heterocycles. The number of fused-ring (bicyclic) bond motifs is 3. The number of hydrogen-bond donors (Lipinski definition) is 1. The lowest BCUT2D eigenvalue weighted by Crippen LogP contribution is -2.21. The molecular formula is C11H6ClN3O3. The SMILES string of the molecule is O=CC1Nc2c(N=O)c(Cl)c3cccnc3c2O1. The van der Waals surface area contributed by atoms with Gasteiger partial charge in [-0.2, -0.15) is 0 Å². The minimum absolute atomic E-state index is 0.0246. The molecule has 3 rings (SSSR count). The zero-order chi connectivity index (χ0) is 12.7. The molecule has 1 atom stereocenters. The molecule has 0 saturated carbocycles. The molecule has 1 N–H and O–H groups in total. The van der Waals surface area contributed by atoms with Gasteiger partial charge in [-0.1, -0.05) is 11.6 Å². The summed E-state index contributed by atoms with van der Waals surface area (Å²) in [6, 6.07) is 3.39. The van der Waals surface area contributed by atoms with E-state index >= 15 is 0 Å². The van der Waals surface area contributed by atoms with Crippen LogP contribution in [0.2, 0.25) is 5.02 Å². The normalized spacial score (nSPS) is 16.8. The predicted molar refractivity (Wildman–Crippen MR) is 66.3 cm³/mol. The van der Waals surface area contributed by atoms with Crippen LogP contribution in [0.15, 0.2) is 23.5 Å². The first kappa shape index (κ1) is 10.9. The lowest BCUT2D eigenvalue weighted by molar-refractivity contribution is -0.112. The molecule has 0 amide bonds. The maximum absolute atomic E-state index is 10.9. The summed E-state index contributed by atoms with van der Waals surface area (Å²) in [7, 11) is 0. The van der Waals surface area contributed by atoms with Gasteiger partial charge in [0.1, 0.15) is 11.2 Å². The number of halogens is 1. The van der Waals surface area contributed by atoms with Gasteiger partial charge in [0.2, 0.25) is 6.23 Å². The summed E-state index contributed by atoms with van der Waals surface area (Å²) in [5.74, 6) is 0.321. The average molecular weight is 264 g/mol. The van der Waals surface area contributed by atoms with Crippen molar-refractivity contribution in [2.75, 3.05) is 5.32 Å². The molecule has 0 saturated heterocycles. The molecule has 2 aromatic rings. The number of rotatable bonds is 2. The van der Waals surface area contributed by atoms with E-state index in [0.29, 0.717) is 28.6 Å². The van der Waals surface area contributed by atoms with Crippen molar-refractivity contribution >= 4 is 40.2 Å². The van der Waals surface area contributed by atoms with Gasteiger partial charge in [-0.05, 0) is 17.3 Å². The first-order chi connectivity index (χ1) is 8.76. The number of nitrogens with one attached hydrogen (secondary N) is 1. The summed E-state index contributed by atoms with van der Waals surface area (Å²) in [6.07, 6.45) is 1.30. The highest BCUT2D eigenvalue weighted by molar-refractivity contribution is 6.39. The Morgan fingerprint density at radius 2 is 2.39 bits per heavy atom. The van der Waals surface area contributed by atoms with Gasteiger partial charge in [-0.25, -0.2) is 0 Å². The van der Waals surface area contributed by atoms with Crippen molar-refractivity contribution in [3.8, 4) is 5.75 Å². The molecule has 7 heteroatoms.